The molecule has 2 atom stereocenters. The highest BCUT2D eigenvalue weighted by molar-refractivity contribution is 5.34. The topological polar surface area (TPSA) is 60.2 Å². The first kappa shape index (κ1) is 13.0. The number of ether oxygens (including phenoxy) is 1. The molecule has 0 amide bonds. The van der Waals surface area contributed by atoms with E-state index >= 15 is 0 Å². The van der Waals surface area contributed by atoms with Crippen molar-refractivity contribution in [2.45, 2.75) is 30.7 Å². The largest absolute Gasteiger partial charge is 0.379 e. The fourth-order valence-corrected chi connectivity index (χ4v) is 3.39. The minimum Gasteiger partial charge on any atom is -0.379 e. The minimum atomic E-state index is 0.167. The lowest BCUT2D eigenvalue weighted by molar-refractivity contribution is 0.185. The Kier molecular flexibility index (Phi) is 3.24. The lowest BCUT2D eigenvalue weighted by atomic mass is 10.0. The van der Waals surface area contributed by atoms with Crippen molar-refractivity contribution in [1.82, 2.24) is 15.5 Å². The highest BCUT2D eigenvalue weighted by Crippen LogP contribution is 2.33. The van der Waals surface area contributed by atoms with E-state index in [1.165, 1.54) is 11.1 Å². The van der Waals surface area contributed by atoms with Crippen molar-refractivity contribution >= 4 is 0 Å². The fourth-order valence-electron chi connectivity index (χ4n) is 3.39. The van der Waals surface area contributed by atoms with Crippen molar-refractivity contribution < 1.29 is 9.26 Å². The number of hydrogen-bond donors (Lipinski definition) is 1. The van der Waals surface area contributed by atoms with Crippen LogP contribution >= 0.6 is 0 Å². The van der Waals surface area contributed by atoms with Gasteiger partial charge in [-0.25, -0.2) is 0 Å². The van der Waals surface area contributed by atoms with E-state index in [9.17, 15) is 0 Å². The van der Waals surface area contributed by atoms with Crippen LogP contribution in [0.2, 0.25) is 0 Å². The number of nitrogens with one attached hydrogen (secondary N) is 1. The second-order valence-electron chi connectivity index (χ2n) is 5.90. The molecule has 1 saturated heterocycles. The van der Waals surface area contributed by atoms with Gasteiger partial charge in [0.1, 0.15) is 0 Å². The molecular formula is C16H19N3O2. The van der Waals surface area contributed by atoms with E-state index in [0.717, 1.165) is 18.7 Å². The molecule has 21 heavy (non-hydrogen) atoms. The number of nitrogens with zero attached hydrogens (tertiary/aromatic N) is 2. The summed E-state index contributed by atoms with van der Waals surface area (Å²) in [6.07, 6.45) is 2.01. The van der Waals surface area contributed by atoms with E-state index in [1.54, 1.807) is 0 Å². The van der Waals surface area contributed by atoms with E-state index in [-0.39, 0.29) is 12.0 Å². The Hall–Kier alpha value is -1.72. The first-order valence-corrected chi connectivity index (χ1v) is 7.50. The van der Waals surface area contributed by atoms with E-state index in [0.29, 0.717) is 25.0 Å². The molecule has 0 saturated carbocycles. The summed E-state index contributed by atoms with van der Waals surface area (Å²) in [5, 5.41) is 7.48. The Labute approximate surface area is 123 Å². The normalized spacial score (nSPS) is 25.4. The molecule has 2 unspecified atom stereocenters. The van der Waals surface area contributed by atoms with Gasteiger partial charge < -0.3 is 14.6 Å². The molecule has 1 aromatic heterocycles. The van der Waals surface area contributed by atoms with Crippen LogP contribution in [0.3, 0.4) is 0 Å². The molecule has 1 N–H and O–H groups in total. The molecule has 5 heteroatoms. The summed E-state index contributed by atoms with van der Waals surface area (Å²) in [6.45, 7) is 1.35. The SMILES string of the molecule is CNC1COCC1c1nc(C2Cc3ccccc3C2)no1. The third-order valence-electron chi connectivity index (χ3n) is 4.64. The smallest absolute Gasteiger partial charge is 0.233 e. The van der Waals surface area contributed by atoms with Gasteiger partial charge in [-0.3, -0.25) is 0 Å². The van der Waals surface area contributed by atoms with Gasteiger partial charge in [0.05, 0.1) is 19.1 Å². The van der Waals surface area contributed by atoms with Crippen LogP contribution in [0.15, 0.2) is 28.8 Å². The summed E-state index contributed by atoms with van der Waals surface area (Å²) >= 11 is 0. The van der Waals surface area contributed by atoms with Crippen molar-refractivity contribution in [1.29, 1.82) is 0 Å². The maximum atomic E-state index is 5.51. The molecule has 4 rings (SSSR count). The van der Waals surface area contributed by atoms with Crippen LogP contribution in [0, 0.1) is 0 Å². The summed E-state index contributed by atoms with van der Waals surface area (Å²) in [5.74, 6) is 2.05. The second-order valence-corrected chi connectivity index (χ2v) is 5.90. The molecule has 1 aliphatic heterocycles. The number of hydrogen-bond acceptors (Lipinski definition) is 5. The van der Waals surface area contributed by atoms with Crippen molar-refractivity contribution in [3.05, 3.63) is 47.1 Å². The molecule has 1 fully saturated rings. The van der Waals surface area contributed by atoms with Crippen LogP contribution in [0.5, 0.6) is 0 Å². The van der Waals surface area contributed by atoms with Gasteiger partial charge in [-0.1, -0.05) is 29.4 Å². The molecule has 2 aliphatic rings. The van der Waals surface area contributed by atoms with Crippen molar-refractivity contribution in [2.24, 2.45) is 0 Å². The highest BCUT2D eigenvalue weighted by atomic mass is 16.5. The molecule has 5 nitrogen and oxygen atoms in total. The Morgan fingerprint density at radius 2 is 1.90 bits per heavy atom. The average Bonchev–Trinajstić information content (AvgIpc) is 3.23. The van der Waals surface area contributed by atoms with Gasteiger partial charge in [0, 0.05) is 12.0 Å². The fraction of sp³-hybridized carbons (Fsp3) is 0.500. The van der Waals surface area contributed by atoms with Crippen molar-refractivity contribution in [3.63, 3.8) is 0 Å². The van der Waals surface area contributed by atoms with E-state index in [4.69, 9.17) is 9.26 Å². The maximum Gasteiger partial charge on any atom is 0.233 e. The molecule has 0 bridgehead atoms. The second kappa shape index (κ2) is 5.24. The summed E-state index contributed by atoms with van der Waals surface area (Å²) in [6, 6.07) is 8.84. The third kappa shape index (κ3) is 2.26. The van der Waals surface area contributed by atoms with Gasteiger partial charge in [-0.2, -0.15) is 4.98 Å². The quantitative estimate of drug-likeness (QED) is 0.929. The first-order chi connectivity index (χ1) is 10.3. The number of rotatable bonds is 3. The van der Waals surface area contributed by atoms with E-state index in [1.807, 2.05) is 7.05 Å². The van der Waals surface area contributed by atoms with Crippen LogP contribution in [0.1, 0.15) is 34.7 Å². The minimum absolute atomic E-state index is 0.167. The predicted octanol–water partition coefficient (Wildman–Crippen LogP) is 1.65. The number of fused-ring (bicyclic) bond motifs is 1. The van der Waals surface area contributed by atoms with Gasteiger partial charge in [-0.15, -0.1) is 0 Å². The molecule has 0 spiro atoms. The Morgan fingerprint density at radius 1 is 1.14 bits per heavy atom. The predicted molar refractivity (Wildman–Crippen MR) is 77.3 cm³/mol. The molecular weight excluding hydrogens is 266 g/mol. The zero-order valence-corrected chi connectivity index (χ0v) is 12.1. The molecule has 0 radical (unpaired) electrons. The first-order valence-electron chi connectivity index (χ1n) is 7.50. The molecule has 1 aromatic carbocycles. The summed E-state index contributed by atoms with van der Waals surface area (Å²) in [5.41, 5.74) is 2.82. The summed E-state index contributed by atoms with van der Waals surface area (Å²) < 4.78 is 11.0. The van der Waals surface area contributed by atoms with Gasteiger partial charge in [0.25, 0.3) is 0 Å². The summed E-state index contributed by atoms with van der Waals surface area (Å²) in [4.78, 5) is 4.66. The van der Waals surface area contributed by atoms with Gasteiger partial charge in [-0.05, 0) is 31.0 Å². The van der Waals surface area contributed by atoms with Crippen LogP contribution in [-0.4, -0.2) is 36.4 Å². The number of benzene rings is 1. The monoisotopic (exact) mass is 285 g/mol. The average molecular weight is 285 g/mol. The number of likely N-dealkylation sites (N-methyl/N-ethyl adjacent to an activating group) is 1. The van der Waals surface area contributed by atoms with Crippen LogP contribution in [-0.2, 0) is 17.6 Å². The highest BCUT2D eigenvalue weighted by Gasteiger charge is 2.34. The van der Waals surface area contributed by atoms with E-state index < -0.39 is 0 Å². The van der Waals surface area contributed by atoms with Gasteiger partial charge in [0.15, 0.2) is 5.82 Å². The maximum absolute atomic E-state index is 5.51. The van der Waals surface area contributed by atoms with E-state index in [2.05, 4.69) is 39.7 Å². The standard InChI is InChI=1S/C16H19N3O2/c1-17-14-9-20-8-13(14)16-18-15(19-21-16)12-6-10-4-2-3-5-11(10)7-12/h2-5,12-14,17H,6-9H2,1H3. The number of aromatic nitrogens is 2. The van der Waals surface area contributed by atoms with Gasteiger partial charge >= 0.3 is 0 Å². The van der Waals surface area contributed by atoms with Crippen molar-refractivity contribution in [3.8, 4) is 0 Å². The third-order valence-corrected chi connectivity index (χ3v) is 4.64. The summed E-state index contributed by atoms with van der Waals surface area (Å²) in [7, 11) is 1.94. The Morgan fingerprint density at radius 3 is 2.62 bits per heavy atom. The zero-order chi connectivity index (χ0) is 14.2. The molecule has 2 heterocycles. The Balaban J connectivity index is 1.53. The lowest BCUT2D eigenvalue weighted by Gasteiger charge is -2.11. The molecule has 110 valence electrons. The van der Waals surface area contributed by atoms with Crippen molar-refractivity contribution in [2.75, 3.05) is 20.3 Å². The lowest BCUT2D eigenvalue weighted by Crippen LogP contribution is -2.31. The van der Waals surface area contributed by atoms with Gasteiger partial charge in [0.2, 0.25) is 5.89 Å². The van der Waals surface area contributed by atoms with Crippen LogP contribution in [0.4, 0.5) is 0 Å². The molecule has 2 aromatic rings. The zero-order valence-electron chi connectivity index (χ0n) is 12.1. The van der Waals surface area contributed by atoms with Crippen LogP contribution < -0.4 is 5.32 Å². The van der Waals surface area contributed by atoms with Crippen LogP contribution in [0.25, 0.3) is 0 Å². The molecule has 1 aliphatic carbocycles. The Bertz CT molecular complexity index is 615.